The topological polar surface area (TPSA) is 51.2 Å². The van der Waals surface area contributed by atoms with Gasteiger partial charge in [-0.15, -0.1) is 0 Å². The summed E-state index contributed by atoms with van der Waals surface area (Å²) in [5.74, 6) is -0.151. The van der Waals surface area contributed by atoms with E-state index >= 15 is 0 Å². The van der Waals surface area contributed by atoms with Gasteiger partial charge in [0.05, 0.1) is 17.8 Å². The first-order chi connectivity index (χ1) is 10.8. The maximum atomic E-state index is 12.4. The Hall–Kier alpha value is -2.72. The number of benzene rings is 2. The Bertz CT molecular complexity index is 792. The number of carbonyl (C=O) groups is 1. The lowest BCUT2D eigenvalue weighted by Crippen LogP contribution is -2.12. The molecule has 0 aliphatic carbocycles. The molecule has 0 unspecified atom stereocenters. The van der Waals surface area contributed by atoms with Crippen LogP contribution in [0.25, 0.3) is 10.9 Å². The van der Waals surface area contributed by atoms with Crippen molar-refractivity contribution >= 4 is 22.5 Å². The number of carbonyl (C=O) groups excluding carboxylic acids is 1. The molecule has 0 spiro atoms. The number of anilines is 1. The highest BCUT2D eigenvalue weighted by Gasteiger charge is 2.08. The van der Waals surface area contributed by atoms with Crippen LogP contribution >= 0.6 is 0 Å². The van der Waals surface area contributed by atoms with Crippen molar-refractivity contribution in [3.8, 4) is 0 Å². The van der Waals surface area contributed by atoms with Crippen LogP contribution in [0.2, 0.25) is 0 Å². The third-order valence-electron chi connectivity index (χ3n) is 3.41. The molecule has 4 nitrogen and oxygen atoms in total. The molecule has 0 aliphatic rings. The van der Waals surface area contributed by atoms with Gasteiger partial charge in [0.25, 0.3) is 5.91 Å². The van der Waals surface area contributed by atoms with Gasteiger partial charge in [-0.1, -0.05) is 30.3 Å². The van der Waals surface area contributed by atoms with Crippen LogP contribution < -0.4 is 5.32 Å². The molecule has 4 heteroatoms. The number of aromatic nitrogens is 1. The quantitative estimate of drug-likeness (QED) is 0.799. The summed E-state index contributed by atoms with van der Waals surface area (Å²) in [6.07, 6.45) is 1.72. The van der Waals surface area contributed by atoms with E-state index in [9.17, 15) is 4.79 Å². The first kappa shape index (κ1) is 14.2. The summed E-state index contributed by atoms with van der Waals surface area (Å²) in [5.41, 5.74) is 3.14. The van der Waals surface area contributed by atoms with Gasteiger partial charge in [0.2, 0.25) is 0 Å². The number of para-hydroxylation sites is 1. The minimum Gasteiger partial charge on any atom is -0.380 e. The Labute approximate surface area is 128 Å². The fourth-order valence-electron chi connectivity index (χ4n) is 2.32. The predicted octanol–water partition coefficient (Wildman–Crippen LogP) is 3.63. The van der Waals surface area contributed by atoms with Crippen molar-refractivity contribution in [1.29, 1.82) is 0 Å². The molecule has 0 fully saturated rings. The number of fused-ring (bicyclic) bond motifs is 1. The Balaban J connectivity index is 1.83. The molecule has 110 valence electrons. The van der Waals surface area contributed by atoms with Crippen LogP contribution in [0.5, 0.6) is 0 Å². The number of nitrogens with one attached hydrogen (secondary N) is 1. The summed E-state index contributed by atoms with van der Waals surface area (Å²) >= 11 is 0. The van der Waals surface area contributed by atoms with E-state index in [1.807, 2.05) is 42.5 Å². The Kier molecular flexibility index (Phi) is 4.12. The average Bonchev–Trinajstić information content (AvgIpc) is 2.56. The molecule has 3 rings (SSSR count). The molecule has 1 N–H and O–H groups in total. The number of methoxy groups -OCH3 is 1. The van der Waals surface area contributed by atoms with Crippen LogP contribution in [0.4, 0.5) is 5.69 Å². The van der Waals surface area contributed by atoms with Crippen molar-refractivity contribution in [1.82, 2.24) is 4.98 Å². The van der Waals surface area contributed by atoms with E-state index in [-0.39, 0.29) is 5.91 Å². The number of pyridine rings is 1. The van der Waals surface area contributed by atoms with Crippen molar-refractivity contribution in [3.63, 3.8) is 0 Å². The zero-order chi connectivity index (χ0) is 15.4. The number of hydrogen-bond acceptors (Lipinski definition) is 3. The van der Waals surface area contributed by atoms with Gasteiger partial charge in [0, 0.05) is 24.3 Å². The first-order valence-corrected chi connectivity index (χ1v) is 7.01. The normalized spacial score (nSPS) is 10.6. The fourth-order valence-corrected chi connectivity index (χ4v) is 2.32. The molecular formula is C18H16N2O2. The highest BCUT2D eigenvalue weighted by molar-refractivity contribution is 6.08. The van der Waals surface area contributed by atoms with Gasteiger partial charge in [-0.3, -0.25) is 9.78 Å². The molecule has 0 aliphatic heterocycles. The second-order valence-electron chi connectivity index (χ2n) is 4.96. The minimum absolute atomic E-state index is 0.151. The van der Waals surface area contributed by atoms with E-state index < -0.39 is 0 Å². The molecule has 2 aromatic carbocycles. The van der Waals surface area contributed by atoms with Gasteiger partial charge in [-0.05, 0) is 29.8 Å². The largest absolute Gasteiger partial charge is 0.380 e. The zero-order valence-electron chi connectivity index (χ0n) is 12.2. The lowest BCUT2D eigenvalue weighted by molar-refractivity contribution is 0.102. The van der Waals surface area contributed by atoms with E-state index in [1.165, 1.54) is 0 Å². The summed E-state index contributed by atoms with van der Waals surface area (Å²) in [5, 5.41) is 3.92. The molecule has 0 saturated heterocycles. The molecule has 0 saturated carbocycles. The van der Waals surface area contributed by atoms with E-state index in [2.05, 4.69) is 10.3 Å². The number of nitrogens with zero attached hydrogens (tertiary/aromatic N) is 1. The van der Waals surface area contributed by atoms with Gasteiger partial charge in [0.1, 0.15) is 0 Å². The molecule has 0 radical (unpaired) electrons. The summed E-state index contributed by atoms with van der Waals surface area (Å²) in [4.78, 5) is 16.7. The third-order valence-corrected chi connectivity index (χ3v) is 3.41. The highest BCUT2D eigenvalue weighted by Crippen LogP contribution is 2.21. The lowest BCUT2D eigenvalue weighted by atomic mass is 10.1. The molecule has 1 amide bonds. The first-order valence-electron chi connectivity index (χ1n) is 7.01. The molecule has 22 heavy (non-hydrogen) atoms. The molecule has 1 aromatic heterocycles. The van der Waals surface area contributed by atoms with Crippen molar-refractivity contribution < 1.29 is 9.53 Å². The standard InChI is InChI=1S/C18H16N2O2/c1-22-12-13-7-9-15(10-8-13)18(21)20-16-6-2-4-14-5-3-11-19-17(14)16/h2-11H,12H2,1H3,(H,20,21). The SMILES string of the molecule is COCc1ccc(C(=O)Nc2cccc3cccnc23)cc1. The van der Waals surface area contributed by atoms with Gasteiger partial charge in [0.15, 0.2) is 0 Å². The molecule has 3 aromatic rings. The van der Waals surface area contributed by atoms with Gasteiger partial charge in [-0.25, -0.2) is 0 Å². The lowest BCUT2D eigenvalue weighted by Gasteiger charge is -2.08. The van der Waals surface area contributed by atoms with Gasteiger partial charge in [-0.2, -0.15) is 0 Å². The molecule has 0 bridgehead atoms. The van der Waals surface area contributed by atoms with Crippen LogP contribution in [0.1, 0.15) is 15.9 Å². The van der Waals surface area contributed by atoms with E-state index in [0.29, 0.717) is 17.9 Å². The van der Waals surface area contributed by atoms with Crippen LogP contribution in [-0.4, -0.2) is 18.0 Å². The van der Waals surface area contributed by atoms with E-state index in [0.717, 1.165) is 16.5 Å². The van der Waals surface area contributed by atoms with Crippen molar-refractivity contribution in [3.05, 3.63) is 71.9 Å². The van der Waals surface area contributed by atoms with Crippen LogP contribution in [-0.2, 0) is 11.3 Å². The second-order valence-corrected chi connectivity index (χ2v) is 4.96. The van der Waals surface area contributed by atoms with Crippen LogP contribution in [0.3, 0.4) is 0 Å². The number of ether oxygens (including phenoxy) is 1. The van der Waals surface area contributed by atoms with E-state index in [1.54, 1.807) is 25.4 Å². The van der Waals surface area contributed by atoms with Crippen LogP contribution in [0, 0.1) is 0 Å². The maximum Gasteiger partial charge on any atom is 0.255 e. The average molecular weight is 292 g/mol. The number of rotatable bonds is 4. The summed E-state index contributed by atoms with van der Waals surface area (Å²) < 4.78 is 5.06. The van der Waals surface area contributed by atoms with Gasteiger partial charge < -0.3 is 10.1 Å². The third kappa shape index (κ3) is 2.97. The van der Waals surface area contributed by atoms with E-state index in [4.69, 9.17) is 4.74 Å². The number of amides is 1. The second kappa shape index (κ2) is 6.37. The minimum atomic E-state index is -0.151. The smallest absolute Gasteiger partial charge is 0.255 e. The fraction of sp³-hybridized carbons (Fsp3) is 0.111. The number of hydrogen-bond donors (Lipinski definition) is 1. The van der Waals surface area contributed by atoms with Crippen molar-refractivity contribution in [2.45, 2.75) is 6.61 Å². The zero-order valence-corrected chi connectivity index (χ0v) is 12.2. The summed E-state index contributed by atoms with van der Waals surface area (Å²) in [6.45, 7) is 0.537. The molecular weight excluding hydrogens is 276 g/mol. The Morgan fingerprint density at radius 1 is 1.09 bits per heavy atom. The Morgan fingerprint density at radius 2 is 1.86 bits per heavy atom. The predicted molar refractivity (Wildman–Crippen MR) is 86.9 cm³/mol. The molecule has 0 atom stereocenters. The summed E-state index contributed by atoms with van der Waals surface area (Å²) in [7, 11) is 1.65. The van der Waals surface area contributed by atoms with Gasteiger partial charge >= 0.3 is 0 Å². The van der Waals surface area contributed by atoms with Crippen molar-refractivity contribution in [2.24, 2.45) is 0 Å². The summed E-state index contributed by atoms with van der Waals surface area (Å²) in [6, 6.07) is 16.9. The Morgan fingerprint density at radius 3 is 2.64 bits per heavy atom. The van der Waals surface area contributed by atoms with Crippen molar-refractivity contribution in [2.75, 3.05) is 12.4 Å². The monoisotopic (exact) mass is 292 g/mol. The maximum absolute atomic E-state index is 12.4. The highest BCUT2D eigenvalue weighted by atomic mass is 16.5. The molecule has 1 heterocycles. The van der Waals surface area contributed by atoms with Crippen LogP contribution in [0.15, 0.2) is 60.8 Å².